The molecule has 0 aliphatic rings. The molecule has 0 aliphatic carbocycles. The first kappa shape index (κ1) is 10.0. The number of aryl methyl sites for hydroxylation is 1. The fourth-order valence-corrected chi connectivity index (χ4v) is 1.44. The Morgan fingerprint density at radius 2 is 1.93 bits per heavy atom. The number of aromatic amines is 1. The molecular formula is C8H12N6S. The minimum Gasteiger partial charge on any atom is -0.318 e. The molecule has 2 aromatic rings. The lowest BCUT2D eigenvalue weighted by Gasteiger charge is -2.00. The Balaban J connectivity index is 2.33. The summed E-state index contributed by atoms with van der Waals surface area (Å²) >= 11 is 5.03. The maximum Gasteiger partial charge on any atom is 0.194 e. The largest absolute Gasteiger partial charge is 0.318 e. The molecule has 0 spiro atoms. The molecular weight excluding hydrogens is 212 g/mol. The zero-order valence-corrected chi connectivity index (χ0v) is 9.67. The minimum atomic E-state index is 0.615. The van der Waals surface area contributed by atoms with Gasteiger partial charge in [0.2, 0.25) is 0 Å². The summed E-state index contributed by atoms with van der Waals surface area (Å²) in [6, 6.07) is 0. The summed E-state index contributed by atoms with van der Waals surface area (Å²) in [7, 11) is 3.82. The predicted molar refractivity (Wildman–Crippen MR) is 56.9 cm³/mol. The van der Waals surface area contributed by atoms with Crippen LogP contribution in [0.15, 0.2) is 0 Å². The lowest BCUT2D eigenvalue weighted by molar-refractivity contribution is 0.742. The molecule has 2 heterocycles. The Bertz CT molecular complexity index is 534. The fraction of sp³-hybridized carbons (Fsp3) is 0.500. The van der Waals surface area contributed by atoms with E-state index in [0.29, 0.717) is 11.2 Å². The lowest BCUT2D eigenvalue weighted by Crippen LogP contribution is -2.05. The summed E-state index contributed by atoms with van der Waals surface area (Å²) in [6.07, 6.45) is 0.626. The van der Waals surface area contributed by atoms with E-state index >= 15 is 0 Å². The van der Waals surface area contributed by atoms with E-state index < -0.39 is 0 Å². The molecule has 0 bridgehead atoms. The third-order valence-electron chi connectivity index (χ3n) is 2.47. The van der Waals surface area contributed by atoms with Gasteiger partial charge >= 0.3 is 0 Å². The van der Waals surface area contributed by atoms with Crippen LogP contribution in [0.4, 0.5) is 0 Å². The molecule has 0 fully saturated rings. The van der Waals surface area contributed by atoms with Crippen molar-refractivity contribution in [2.45, 2.75) is 13.3 Å². The van der Waals surface area contributed by atoms with Gasteiger partial charge in [-0.1, -0.05) is 0 Å². The van der Waals surface area contributed by atoms with Crippen molar-refractivity contribution in [3.8, 4) is 0 Å². The highest BCUT2D eigenvalue weighted by Gasteiger charge is 2.09. The number of nitrogens with zero attached hydrogens (tertiary/aromatic N) is 5. The molecule has 6 nitrogen and oxygen atoms in total. The first-order valence-corrected chi connectivity index (χ1v) is 4.95. The van der Waals surface area contributed by atoms with E-state index in [9.17, 15) is 0 Å². The Kier molecular flexibility index (Phi) is 2.39. The number of nitrogens with one attached hydrogen (secondary N) is 1. The van der Waals surface area contributed by atoms with Gasteiger partial charge in [0.15, 0.2) is 4.77 Å². The molecule has 0 radical (unpaired) electrons. The molecule has 1 N–H and O–H groups in total. The molecule has 0 amide bonds. The van der Waals surface area contributed by atoms with E-state index in [2.05, 4.69) is 20.4 Å². The van der Waals surface area contributed by atoms with Gasteiger partial charge < -0.3 is 9.13 Å². The fourth-order valence-electron chi connectivity index (χ4n) is 1.28. The number of aromatic nitrogens is 6. The standard InChI is InChI=1S/C8H12N6S/c1-5-9-10-6(13(5)2)4-7-11-12-8(15)14(7)3/h4H2,1-3H3,(H,12,15). The van der Waals surface area contributed by atoms with Crippen molar-refractivity contribution in [3.05, 3.63) is 22.2 Å². The summed E-state index contributed by atoms with van der Waals surface area (Å²) < 4.78 is 4.39. The molecule has 15 heavy (non-hydrogen) atoms. The maximum absolute atomic E-state index is 5.03. The van der Waals surface area contributed by atoms with Gasteiger partial charge in [0.05, 0.1) is 6.42 Å². The van der Waals surface area contributed by atoms with Crippen LogP contribution in [-0.2, 0) is 20.5 Å². The highest BCUT2D eigenvalue weighted by atomic mass is 32.1. The van der Waals surface area contributed by atoms with E-state index in [1.54, 1.807) is 0 Å². The van der Waals surface area contributed by atoms with E-state index in [1.807, 2.05) is 30.2 Å². The third-order valence-corrected chi connectivity index (χ3v) is 2.84. The quantitative estimate of drug-likeness (QED) is 0.755. The average molecular weight is 224 g/mol. The molecule has 0 aromatic carbocycles. The topological polar surface area (TPSA) is 64.3 Å². The molecule has 0 unspecified atom stereocenters. The van der Waals surface area contributed by atoms with E-state index in [4.69, 9.17) is 12.2 Å². The number of H-pyrrole nitrogens is 1. The van der Waals surface area contributed by atoms with Crippen molar-refractivity contribution in [2.75, 3.05) is 0 Å². The van der Waals surface area contributed by atoms with Crippen molar-refractivity contribution >= 4 is 12.2 Å². The molecule has 0 atom stereocenters. The molecule has 2 aromatic heterocycles. The van der Waals surface area contributed by atoms with Gasteiger partial charge in [0.1, 0.15) is 17.5 Å². The van der Waals surface area contributed by atoms with Crippen molar-refractivity contribution in [2.24, 2.45) is 14.1 Å². The van der Waals surface area contributed by atoms with Crippen LogP contribution in [0.2, 0.25) is 0 Å². The van der Waals surface area contributed by atoms with Crippen LogP contribution in [0.3, 0.4) is 0 Å². The van der Waals surface area contributed by atoms with Gasteiger partial charge in [-0.25, -0.2) is 0 Å². The molecule has 2 rings (SSSR count). The summed E-state index contributed by atoms with van der Waals surface area (Å²) in [5, 5.41) is 14.9. The average Bonchev–Trinajstić information content (AvgIpc) is 2.68. The number of hydrogen-bond donors (Lipinski definition) is 1. The summed E-state index contributed by atoms with van der Waals surface area (Å²) in [6.45, 7) is 1.92. The molecule has 80 valence electrons. The lowest BCUT2D eigenvalue weighted by atomic mass is 10.4. The van der Waals surface area contributed by atoms with Crippen molar-refractivity contribution < 1.29 is 0 Å². The zero-order valence-electron chi connectivity index (χ0n) is 8.85. The Morgan fingerprint density at radius 1 is 1.20 bits per heavy atom. The Hall–Kier alpha value is -1.50. The van der Waals surface area contributed by atoms with Gasteiger partial charge in [-0.15, -0.1) is 10.2 Å². The number of hydrogen-bond acceptors (Lipinski definition) is 4. The normalized spacial score (nSPS) is 10.9. The van der Waals surface area contributed by atoms with E-state index in [1.165, 1.54) is 0 Å². The summed E-state index contributed by atoms with van der Waals surface area (Å²) in [4.78, 5) is 0. The smallest absolute Gasteiger partial charge is 0.194 e. The first-order chi connectivity index (χ1) is 7.09. The first-order valence-electron chi connectivity index (χ1n) is 4.54. The van der Waals surface area contributed by atoms with Gasteiger partial charge in [-0.2, -0.15) is 5.10 Å². The Labute approximate surface area is 92.0 Å². The van der Waals surface area contributed by atoms with Crippen molar-refractivity contribution in [3.63, 3.8) is 0 Å². The van der Waals surface area contributed by atoms with Gasteiger partial charge in [0, 0.05) is 14.1 Å². The van der Waals surface area contributed by atoms with Crippen molar-refractivity contribution in [1.82, 2.24) is 29.5 Å². The third kappa shape index (κ3) is 1.70. The SMILES string of the molecule is Cc1nnc(Cc2n[nH]c(=S)n2C)n1C. The summed E-state index contributed by atoms with van der Waals surface area (Å²) in [5.74, 6) is 2.63. The van der Waals surface area contributed by atoms with Crippen molar-refractivity contribution in [1.29, 1.82) is 0 Å². The van der Waals surface area contributed by atoms with Gasteiger partial charge in [-0.3, -0.25) is 5.10 Å². The van der Waals surface area contributed by atoms with Crippen LogP contribution >= 0.6 is 12.2 Å². The molecule has 0 aliphatic heterocycles. The molecule has 7 heteroatoms. The second-order valence-electron chi connectivity index (χ2n) is 3.40. The summed E-state index contributed by atoms with van der Waals surface area (Å²) in [5.41, 5.74) is 0. The highest BCUT2D eigenvalue weighted by Crippen LogP contribution is 2.04. The second kappa shape index (κ2) is 3.58. The van der Waals surface area contributed by atoms with Gasteiger partial charge in [0.25, 0.3) is 0 Å². The Morgan fingerprint density at radius 3 is 2.40 bits per heavy atom. The monoisotopic (exact) mass is 224 g/mol. The van der Waals surface area contributed by atoms with Crippen LogP contribution in [0.1, 0.15) is 17.5 Å². The van der Waals surface area contributed by atoms with E-state index in [0.717, 1.165) is 17.5 Å². The van der Waals surface area contributed by atoms with E-state index in [-0.39, 0.29) is 0 Å². The molecule has 0 saturated heterocycles. The number of rotatable bonds is 2. The zero-order chi connectivity index (χ0) is 11.0. The minimum absolute atomic E-state index is 0.615. The molecule has 0 saturated carbocycles. The van der Waals surface area contributed by atoms with Crippen LogP contribution in [0, 0.1) is 11.7 Å². The maximum atomic E-state index is 5.03. The predicted octanol–water partition coefficient (Wildman–Crippen LogP) is 0.505. The van der Waals surface area contributed by atoms with Crippen LogP contribution in [0.25, 0.3) is 0 Å². The van der Waals surface area contributed by atoms with Crippen LogP contribution in [-0.4, -0.2) is 29.5 Å². The second-order valence-corrected chi connectivity index (χ2v) is 3.79. The van der Waals surface area contributed by atoms with Crippen LogP contribution < -0.4 is 0 Å². The highest BCUT2D eigenvalue weighted by molar-refractivity contribution is 7.71. The van der Waals surface area contributed by atoms with Gasteiger partial charge in [-0.05, 0) is 19.1 Å². The van der Waals surface area contributed by atoms with Crippen LogP contribution in [0.5, 0.6) is 0 Å².